The molecule has 21 heavy (non-hydrogen) atoms. The lowest BCUT2D eigenvalue weighted by atomic mass is 10.1. The molecule has 0 aromatic rings. The summed E-state index contributed by atoms with van der Waals surface area (Å²) in [4.78, 5) is 14.0. The summed E-state index contributed by atoms with van der Waals surface area (Å²) in [5, 5.41) is 3.29. The Balaban J connectivity index is 4.24. The molecule has 0 spiro atoms. The van der Waals surface area contributed by atoms with Crippen LogP contribution >= 0.6 is 0 Å². The molecular weight excluding hydrogens is 268 g/mol. The zero-order chi connectivity index (χ0) is 16.7. The molecule has 0 unspecified atom stereocenters. The fourth-order valence-corrected chi connectivity index (χ4v) is 1.70. The molecule has 0 rings (SSSR count). The van der Waals surface area contributed by atoms with Gasteiger partial charge in [-0.05, 0) is 55.4 Å². The van der Waals surface area contributed by atoms with Gasteiger partial charge in [0.2, 0.25) is 0 Å². The smallest absolute Gasteiger partial charge is 0.410 e. The summed E-state index contributed by atoms with van der Waals surface area (Å²) < 4.78 is 10.9. The van der Waals surface area contributed by atoms with Gasteiger partial charge >= 0.3 is 6.09 Å². The molecule has 0 aliphatic carbocycles. The van der Waals surface area contributed by atoms with Crippen molar-refractivity contribution in [3.63, 3.8) is 0 Å². The molecule has 0 saturated carbocycles. The summed E-state index contributed by atoms with van der Waals surface area (Å²) in [6.07, 6.45) is -0.0186. The van der Waals surface area contributed by atoms with Gasteiger partial charge in [-0.3, -0.25) is 0 Å². The van der Waals surface area contributed by atoms with Crippen molar-refractivity contribution in [2.75, 3.05) is 26.2 Å². The van der Waals surface area contributed by atoms with E-state index in [1.807, 2.05) is 55.4 Å². The molecule has 5 heteroatoms. The minimum absolute atomic E-state index is 0.250. The van der Waals surface area contributed by atoms with Crippen molar-refractivity contribution in [3.05, 3.63) is 0 Å². The lowest BCUT2D eigenvalue weighted by Crippen LogP contribution is -2.50. The van der Waals surface area contributed by atoms with Crippen LogP contribution in [0.1, 0.15) is 55.4 Å². The maximum Gasteiger partial charge on any atom is 0.410 e. The molecule has 126 valence electrons. The van der Waals surface area contributed by atoms with Crippen LogP contribution in [-0.2, 0) is 9.47 Å². The van der Waals surface area contributed by atoms with Crippen molar-refractivity contribution in [2.45, 2.75) is 72.6 Å². The monoisotopic (exact) mass is 302 g/mol. The molecule has 0 aromatic carbocycles. The lowest BCUT2D eigenvalue weighted by Gasteiger charge is -2.36. The maximum atomic E-state index is 12.3. The fourth-order valence-electron chi connectivity index (χ4n) is 1.70. The number of nitrogens with zero attached hydrogens (tertiary/aromatic N) is 1. The van der Waals surface area contributed by atoms with Gasteiger partial charge in [-0.15, -0.1) is 0 Å². The van der Waals surface area contributed by atoms with Gasteiger partial charge in [0.05, 0.1) is 12.7 Å². The minimum Gasteiger partial charge on any atom is -0.444 e. The second-order valence-electron chi connectivity index (χ2n) is 7.47. The lowest BCUT2D eigenvalue weighted by molar-refractivity contribution is 0.00648. The standard InChI is InChI=1S/C16H34N2O3/c1-13(2)20-12-10-17-9-11-18(15(3,4)5)14(19)21-16(6,7)8/h13,17H,9-12H2,1-8H3. The van der Waals surface area contributed by atoms with Crippen molar-refractivity contribution < 1.29 is 14.3 Å². The van der Waals surface area contributed by atoms with Crippen LogP contribution < -0.4 is 5.32 Å². The highest BCUT2D eigenvalue weighted by Crippen LogP contribution is 2.17. The zero-order valence-corrected chi connectivity index (χ0v) is 15.1. The van der Waals surface area contributed by atoms with E-state index in [9.17, 15) is 4.79 Å². The Morgan fingerprint density at radius 3 is 2.10 bits per heavy atom. The summed E-state index contributed by atoms with van der Waals surface area (Å²) in [7, 11) is 0. The molecule has 0 aliphatic rings. The van der Waals surface area contributed by atoms with Crippen LogP contribution in [0.3, 0.4) is 0 Å². The summed E-state index contributed by atoms with van der Waals surface area (Å²) in [5.74, 6) is 0. The van der Waals surface area contributed by atoms with Gasteiger partial charge < -0.3 is 19.7 Å². The summed E-state index contributed by atoms with van der Waals surface area (Å²) in [5.41, 5.74) is -0.739. The Bertz CT molecular complexity index is 304. The van der Waals surface area contributed by atoms with Gasteiger partial charge in [0.25, 0.3) is 0 Å². The number of amides is 1. The third-order valence-electron chi connectivity index (χ3n) is 2.67. The SMILES string of the molecule is CC(C)OCCNCCN(C(=O)OC(C)(C)C)C(C)(C)C. The van der Waals surface area contributed by atoms with E-state index in [-0.39, 0.29) is 17.7 Å². The average molecular weight is 302 g/mol. The molecule has 5 nitrogen and oxygen atoms in total. The number of carbonyl (C=O) groups excluding carboxylic acids is 1. The minimum atomic E-state index is -0.473. The second-order valence-corrected chi connectivity index (χ2v) is 7.47. The van der Waals surface area contributed by atoms with Crippen LogP contribution in [0.2, 0.25) is 0 Å². The third-order valence-corrected chi connectivity index (χ3v) is 2.67. The molecule has 1 N–H and O–H groups in total. The molecule has 0 radical (unpaired) electrons. The Labute approximate surface area is 130 Å². The van der Waals surface area contributed by atoms with Crippen molar-refractivity contribution in [1.29, 1.82) is 0 Å². The van der Waals surface area contributed by atoms with Gasteiger partial charge in [0, 0.05) is 25.2 Å². The van der Waals surface area contributed by atoms with Crippen LogP contribution in [0, 0.1) is 0 Å². The normalized spacial score (nSPS) is 12.6. The highest BCUT2D eigenvalue weighted by Gasteiger charge is 2.30. The second kappa shape index (κ2) is 8.59. The molecule has 0 saturated heterocycles. The maximum absolute atomic E-state index is 12.3. The Morgan fingerprint density at radius 2 is 1.67 bits per heavy atom. The number of hydrogen-bond acceptors (Lipinski definition) is 4. The molecule has 0 atom stereocenters. The average Bonchev–Trinajstić information content (AvgIpc) is 2.22. The zero-order valence-electron chi connectivity index (χ0n) is 15.1. The molecule has 1 amide bonds. The van der Waals surface area contributed by atoms with Crippen LogP contribution in [0.5, 0.6) is 0 Å². The number of rotatable bonds is 7. The Hall–Kier alpha value is -0.810. The third kappa shape index (κ3) is 10.5. The first-order valence-electron chi connectivity index (χ1n) is 7.76. The van der Waals surface area contributed by atoms with E-state index in [1.165, 1.54) is 0 Å². The van der Waals surface area contributed by atoms with Crippen molar-refractivity contribution >= 4 is 6.09 Å². The molecular formula is C16H34N2O3. The first-order chi connectivity index (χ1) is 9.43. The van der Waals surface area contributed by atoms with E-state index in [0.717, 1.165) is 13.1 Å². The van der Waals surface area contributed by atoms with Crippen LogP contribution in [0.25, 0.3) is 0 Å². The molecule has 0 fully saturated rings. The molecule has 0 heterocycles. The van der Waals surface area contributed by atoms with Gasteiger partial charge in [-0.25, -0.2) is 4.79 Å². The summed E-state index contributed by atoms with van der Waals surface area (Å²) >= 11 is 0. The van der Waals surface area contributed by atoms with E-state index in [4.69, 9.17) is 9.47 Å². The number of carbonyl (C=O) groups is 1. The van der Waals surface area contributed by atoms with Crippen molar-refractivity contribution in [1.82, 2.24) is 10.2 Å². The molecule has 0 aliphatic heterocycles. The highest BCUT2D eigenvalue weighted by molar-refractivity contribution is 5.69. The van der Waals surface area contributed by atoms with Crippen molar-refractivity contribution in [2.24, 2.45) is 0 Å². The van der Waals surface area contributed by atoms with E-state index in [2.05, 4.69) is 5.32 Å². The largest absolute Gasteiger partial charge is 0.444 e. The Kier molecular flexibility index (Phi) is 8.26. The highest BCUT2D eigenvalue weighted by atomic mass is 16.6. The molecule has 0 aromatic heterocycles. The van der Waals surface area contributed by atoms with E-state index < -0.39 is 5.60 Å². The van der Waals surface area contributed by atoms with Gasteiger partial charge in [-0.2, -0.15) is 0 Å². The van der Waals surface area contributed by atoms with Crippen LogP contribution in [-0.4, -0.2) is 54.5 Å². The first-order valence-corrected chi connectivity index (χ1v) is 7.76. The predicted molar refractivity (Wildman–Crippen MR) is 86.7 cm³/mol. The topological polar surface area (TPSA) is 50.8 Å². The van der Waals surface area contributed by atoms with E-state index in [0.29, 0.717) is 13.2 Å². The summed E-state index contributed by atoms with van der Waals surface area (Å²) in [6, 6.07) is 0. The van der Waals surface area contributed by atoms with Crippen LogP contribution in [0.4, 0.5) is 4.79 Å². The van der Waals surface area contributed by atoms with E-state index >= 15 is 0 Å². The van der Waals surface area contributed by atoms with Gasteiger partial charge in [0.15, 0.2) is 0 Å². The Morgan fingerprint density at radius 1 is 1.10 bits per heavy atom. The fraction of sp³-hybridized carbons (Fsp3) is 0.938. The van der Waals surface area contributed by atoms with Gasteiger partial charge in [-0.1, -0.05) is 0 Å². The van der Waals surface area contributed by atoms with Crippen LogP contribution in [0.15, 0.2) is 0 Å². The number of ether oxygens (including phenoxy) is 2. The quantitative estimate of drug-likeness (QED) is 0.734. The van der Waals surface area contributed by atoms with Crippen molar-refractivity contribution in [3.8, 4) is 0 Å². The first kappa shape index (κ1) is 20.2. The van der Waals surface area contributed by atoms with E-state index in [1.54, 1.807) is 4.90 Å². The summed E-state index contributed by atoms with van der Waals surface area (Å²) in [6.45, 7) is 18.5. The predicted octanol–water partition coefficient (Wildman–Crippen LogP) is 3.04. The number of nitrogens with one attached hydrogen (secondary N) is 1. The molecule has 0 bridgehead atoms. The number of hydrogen-bond donors (Lipinski definition) is 1. The van der Waals surface area contributed by atoms with Gasteiger partial charge in [0.1, 0.15) is 5.60 Å².